The summed E-state index contributed by atoms with van der Waals surface area (Å²) in [6.07, 6.45) is 1.76. The molecule has 5 nitrogen and oxygen atoms in total. The average molecular weight is 291 g/mol. The Labute approximate surface area is 124 Å². The zero-order chi connectivity index (χ0) is 15.1. The Hall–Kier alpha value is -0.200. The predicted molar refractivity (Wildman–Crippen MR) is 81.1 cm³/mol. The fraction of sp³-hybridized carbons (Fsp3) is 1.00. The maximum absolute atomic E-state index is 9.67. The third-order valence-corrected chi connectivity index (χ3v) is 2.58. The number of aliphatic hydroxyl groups excluding tert-OH is 1. The van der Waals surface area contributed by atoms with E-state index in [0.29, 0.717) is 38.9 Å². The van der Waals surface area contributed by atoms with Gasteiger partial charge in [-0.3, -0.25) is 0 Å². The standard InChI is InChI=1S/C15H33NO4/c1-4-5-7-18-9-10-20-13-15(17)11-16-6-8-19-12-14(2)3/h14-17H,4-13H2,1-3H3. The van der Waals surface area contributed by atoms with Gasteiger partial charge in [0.05, 0.1) is 32.5 Å². The second kappa shape index (κ2) is 15.2. The molecule has 0 aliphatic rings. The number of rotatable bonds is 15. The molecule has 5 heteroatoms. The van der Waals surface area contributed by atoms with E-state index in [1.54, 1.807) is 0 Å². The van der Waals surface area contributed by atoms with Gasteiger partial charge in [0.2, 0.25) is 0 Å². The third-order valence-electron chi connectivity index (χ3n) is 2.58. The SMILES string of the molecule is CCCCOCCOCC(O)CNCCOCC(C)C. The number of hydrogen-bond donors (Lipinski definition) is 2. The summed E-state index contributed by atoms with van der Waals surface area (Å²) in [5.74, 6) is 0.563. The molecule has 0 aromatic carbocycles. The van der Waals surface area contributed by atoms with E-state index >= 15 is 0 Å². The van der Waals surface area contributed by atoms with Crippen molar-refractivity contribution in [1.82, 2.24) is 5.32 Å². The minimum Gasteiger partial charge on any atom is -0.389 e. The second-order valence-corrected chi connectivity index (χ2v) is 5.37. The third kappa shape index (κ3) is 15.9. The van der Waals surface area contributed by atoms with Crippen LogP contribution >= 0.6 is 0 Å². The van der Waals surface area contributed by atoms with Gasteiger partial charge >= 0.3 is 0 Å². The van der Waals surface area contributed by atoms with Crippen LogP contribution in [0.2, 0.25) is 0 Å². The van der Waals surface area contributed by atoms with Crippen molar-refractivity contribution in [2.24, 2.45) is 5.92 Å². The van der Waals surface area contributed by atoms with E-state index in [1.807, 2.05) is 0 Å². The molecule has 0 aliphatic carbocycles. The second-order valence-electron chi connectivity index (χ2n) is 5.37. The quantitative estimate of drug-likeness (QED) is 0.447. The van der Waals surface area contributed by atoms with Crippen LogP contribution in [0.5, 0.6) is 0 Å². The lowest BCUT2D eigenvalue weighted by Gasteiger charge is -2.13. The molecule has 0 bridgehead atoms. The molecule has 0 aromatic rings. The van der Waals surface area contributed by atoms with Gasteiger partial charge in [0.25, 0.3) is 0 Å². The molecule has 0 rings (SSSR count). The minimum atomic E-state index is -0.476. The van der Waals surface area contributed by atoms with E-state index in [9.17, 15) is 5.11 Å². The maximum atomic E-state index is 9.67. The molecule has 0 amide bonds. The molecule has 1 atom stereocenters. The smallest absolute Gasteiger partial charge is 0.0897 e. The molecule has 1 unspecified atom stereocenters. The van der Waals surface area contributed by atoms with Gasteiger partial charge in [-0.25, -0.2) is 0 Å². The Morgan fingerprint density at radius 3 is 2.35 bits per heavy atom. The van der Waals surface area contributed by atoms with Gasteiger partial charge in [0.15, 0.2) is 0 Å². The topological polar surface area (TPSA) is 60.0 Å². The van der Waals surface area contributed by atoms with E-state index in [4.69, 9.17) is 14.2 Å². The highest BCUT2D eigenvalue weighted by molar-refractivity contribution is 4.58. The summed E-state index contributed by atoms with van der Waals surface area (Å²) in [5.41, 5.74) is 0. The molecule has 0 saturated heterocycles. The van der Waals surface area contributed by atoms with Crippen molar-refractivity contribution in [2.45, 2.75) is 39.7 Å². The van der Waals surface area contributed by atoms with Crippen molar-refractivity contribution < 1.29 is 19.3 Å². The summed E-state index contributed by atoms with van der Waals surface area (Å²) < 4.78 is 16.1. The number of nitrogens with one attached hydrogen (secondary N) is 1. The monoisotopic (exact) mass is 291 g/mol. The predicted octanol–water partition coefficient (Wildman–Crippen LogP) is 1.44. The molecule has 122 valence electrons. The minimum absolute atomic E-state index is 0.344. The van der Waals surface area contributed by atoms with Crippen LogP contribution in [0.15, 0.2) is 0 Å². The van der Waals surface area contributed by atoms with Crippen LogP contribution in [-0.2, 0) is 14.2 Å². The molecule has 20 heavy (non-hydrogen) atoms. The number of aliphatic hydroxyl groups is 1. The molecule has 0 aromatic heterocycles. The maximum Gasteiger partial charge on any atom is 0.0897 e. The van der Waals surface area contributed by atoms with Crippen molar-refractivity contribution in [2.75, 3.05) is 52.7 Å². The van der Waals surface area contributed by atoms with Gasteiger partial charge in [-0.2, -0.15) is 0 Å². The van der Waals surface area contributed by atoms with E-state index in [1.165, 1.54) is 0 Å². The Balaban J connectivity index is 3.14. The Kier molecular flexibility index (Phi) is 15.0. The summed E-state index contributed by atoms with van der Waals surface area (Å²) >= 11 is 0. The molecule has 2 N–H and O–H groups in total. The van der Waals surface area contributed by atoms with Gasteiger partial charge in [-0.1, -0.05) is 27.2 Å². The van der Waals surface area contributed by atoms with Gasteiger partial charge in [0.1, 0.15) is 0 Å². The lowest BCUT2D eigenvalue weighted by molar-refractivity contribution is 0.00334. The van der Waals surface area contributed by atoms with Crippen molar-refractivity contribution in [3.63, 3.8) is 0 Å². The van der Waals surface area contributed by atoms with Crippen molar-refractivity contribution in [1.29, 1.82) is 0 Å². The van der Waals surface area contributed by atoms with Crippen LogP contribution in [0.4, 0.5) is 0 Å². The van der Waals surface area contributed by atoms with Crippen LogP contribution in [-0.4, -0.2) is 63.9 Å². The molecular weight excluding hydrogens is 258 g/mol. The van der Waals surface area contributed by atoms with Crippen molar-refractivity contribution >= 4 is 0 Å². The zero-order valence-electron chi connectivity index (χ0n) is 13.4. The van der Waals surface area contributed by atoms with E-state index < -0.39 is 6.10 Å². The van der Waals surface area contributed by atoms with Crippen LogP contribution in [0.1, 0.15) is 33.6 Å². The Morgan fingerprint density at radius 2 is 1.65 bits per heavy atom. The normalized spacial score (nSPS) is 13.1. The first-order valence-corrected chi connectivity index (χ1v) is 7.78. The summed E-state index contributed by atoms with van der Waals surface area (Å²) in [4.78, 5) is 0. The lowest BCUT2D eigenvalue weighted by Crippen LogP contribution is -2.33. The van der Waals surface area contributed by atoms with E-state index in [2.05, 4.69) is 26.1 Å². The fourth-order valence-electron chi connectivity index (χ4n) is 1.48. The number of unbranched alkanes of at least 4 members (excludes halogenated alkanes) is 1. The molecule has 0 radical (unpaired) electrons. The van der Waals surface area contributed by atoms with Gasteiger partial charge in [-0.05, 0) is 12.3 Å². The van der Waals surface area contributed by atoms with Crippen molar-refractivity contribution in [3.8, 4) is 0 Å². The largest absolute Gasteiger partial charge is 0.389 e. The first-order valence-electron chi connectivity index (χ1n) is 7.78. The summed E-state index contributed by atoms with van der Waals surface area (Å²) in [6, 6.07) is 0. The highest BCUT2D eigenvalue weighted by Crippen LogP contribution is 1.91. The zero-order valence-corrected chi connectivity index (χ0v) is 13.4. The summed E-state index contributed by atoms with van der Waals surface area (Å²) in [6.45, 7) is 11.4. The Bertz CT molecular complexity index is 191. The van der Waals surface area contributed by atoms with Crippen LogP contribution in [0.25, 0.3) is 0 Å². The van der Waals surface area contributed by atoms with Gasteiger partial charge < -0.3 is 24.6 Å². The van der Waals surface area contributed by atoms with Crippen LogP contribution in [0.3, 0.4) is 0 Å². The first-order chi connectivity index (χ1) is 9.66. The van der Waals surface area contributed by atoms with Gasteiger partial charge in [0, 0.05) is 26.3 Å². The van der Waals surface area contributed by atoms with Crippen LogP contribution < -0.4 is 5.32 Å². The van der Waals surface area contributed by atoms with Crippen molar-refractivity contribution in [3.05, 3.63) is 0 Å². The Morgan fingerprint density at radius 1 is 0.950 bits per heavy atom. The van der Waals surface area contributed by atoms with Crippen LogP contribution in [0, 0.1) is 5.92 Å². The molecule has 0 spiro atoms. The average Bonchev–Trinajstić information content (AvgIpc) is 2.41. The number of hydrogen-bond acceptors (Lipinski definition) is 5. The summed E-state index contributed by atoms with van der Waals surface area (Å²) in [5, 5.41) is 12.8. The lowest BCUT2D eigenvalue weighted by atomic mass is 10.2. The molecule has 0 heterocycles. The first kappa shape index (κ1) is 19.8. The molecule has 0 aliphatic heterocycles. The summed E-state index contributed by atoms with van der Waals surface area (Å²) in [7, 11) is 0. The number of ether oxygens (including phenoxy) is 3. The molecular formula is C15H33NO4. The highest BCUT2D eigenvalue weighted by Gasteiger charge is 2.03. The van der Waals surface area contributed by atoms with E-state index in [-0.39, 0.29) is 0 Å². The van der Waals surface area contributed by atoms with E-state index in [0.717, 1.165) is 32.6 Å². The molecule has 0 saturated carbocycles. The van der Waals surface area contributed by atoms with Gasteiger partial charge in [-0.15, -0.1) is 0 Å². The molecule has 0 fully saturated rings. The highest BCUT2D eigenvalue weighted by atomic mass is 16.5. The fourth-order valence-corrected chi connectivity index (χ4v) is 1.48.